The first kappa shape index (κ1) is 15.8. The maximum absolute atomic E-state index is 12.3. The molecule has 4 rings (SSSR count). The van der Waals surface area contributed by atoms with Crippen molar-refractivity contribution in [2.24, 2.45) is 0 Å². The Hall–Kier alpha value is -2.72. The molecule has 4 nitrogen and oxygen atoms in total. The van der Waals surface area contributed by atoms with Gasteiger partial charge in [-0.25, -0.2) is 0 Å². The van der Waals surface area contributed by atoms with Crippen molar-refractivity contribution in [1.82, 2.24) is 0 Å². The van der Waals surface area contributed by atoms with E-state index in [-0.39, 0.29) is 22.6 Å². The van der Waals surface area contributed by atoms with E-state index in [0.29, 0.717) is 12.2 Å². The summed E-state index contributed by atoms with van der Waals surface area (Å²) in [5.74, 6) is 0.0140. The molecule has 0 fully saturated rings. The maximum Gasteiger partial charge on any atom is 0.225 e. The van der Waals surface area contributed by atoms with E-state index in [2.05, 4.69) is 11.4 Å². The van der Waals surface area contributed by atoms with Gasteiger partial charge in [-0.3, -0.25) is 4.79 Å². The minimum Gasteiger partial charge on any atom is -0.503 e. The number of amides is 1. The van der Waals surface area contributed by atoms with Crippen molar-refractivity contribution < 1.29 is 14.6 Å². The molecule has 25 heavy (non-hydrogen) atoms. The van der Waals surface area contributed by atoms with Crippen molar-refractivity contribution in [2.45, 2.75) is 12.3 Å². The molecule has 0 spiro atoms. The van der Waals surface area contributed by atoms with Crippen LogP contribution >= 0.6 is 11.6 Å². The molecule has 1 amide bonds. The summed E-state index contributed by atoms with van der Waals surface area (Å²) in [6.07, 6.45) is 0.315. The number of anilines is 1. The van der Waals surface area contributed by atoms with Crippen LogP contribution in [-0.2, 0) is 4.79 Å². The van der Waals surface area contributed by atoms with Gasteiger partial charge in [-0.1, -0.05) is 48.0 Å². The smallest absolute Gasteiger partial charge is 0.225 e. The van der Waals surface area contributed by atoms with E-state index in [4.69, 9.17) is 16.3 Å². The van der Waals surface area contributed by atoms with Gasteiger partial charge in [0.2, 0.25) is 5.91 Å². The highest BCUT2D eigenvalue weighted by Gasteiger charge is 2.29. The van der Waals surface area contributed by atoms with Crippen LogP contribution in [0.25, 0.3) is 10.8 Å². The summed E-state index contributed by atoms with van der Waals surface area (Å²) in [6.45, 7) is 0. The van der Waals surface area contributed by atoms with Crippen LogP contribution in [0.15, 0.2) is 48.5 Å². The number of aromatic hydroxyl groups is 1. The molecule has 1 aliphatic rings. The van der Waals surface area contributed by atoms with E-state index in [9.17, 15) is 9.90 Å². The van der Waals surface area contributed by atoms with E-state index in [1.165, 1.54) is 7.11 Å². The number of halogens is 1. The molecule has 0 saturated carbocycles. The van der Waals surface area contributed by atoms with Gasteiger partial charge in [0.05, 0.1) is 17.8 Å². The molecule has 0 unspecified atom stereocenters. The van der Waals surface area contributed by atoms with Gasteiger partial charge in [0.1, 0.15) is 0 Å². The summed E-state index contributed by atoms with van der Waals surface area (Å²) in [5.41, 5.74) is 2.70. The molecular weight excluding hydrogens is 338 g/mol. The van der Waals surface area contributed by atoms with Gasteiger partial charge in [-0.2, -0.15) is 0 Å². The first-order chi connectivity index (χ1) is 12.1. The Morgan fingerprint density at radius 3 is 2.80 bits per heavy atom. The number of carbonyl (C=O) groups is 1. The monoisotopic (exact) mass is 353 g/mol. The van der Waals surface area contributed by atoms with Crippen LogP contribution in [-0.4, -0.2) is 18.1 Å². The van der Waals surface area contributed by atoms with Crippen LogP contribution in [0.3, 0.4) is 0 Å². The number of methoxy groups -OCH3 is 1. The predicted molar refractivity (Wildman–Crippen MR) is 98.7 cm³/mol. The van der Waals surface area contributed by atoms with Gasteiger partial charge in [0.15, 0.2) is 11.5 Å². The zero-order valence-electron chi connectivity index (χ0n) is 13.5. The third-order valence-corrected chi connectivity index (χ3v) is 4.95. The summed E-state index contributed by atoms with van der Waals surface area (Å²) < 4.78 is 5.21. The Balaban J connectivity index is 1.92. The topological polar surface area (TPSA) is 58.6 Å². The van der Waals surface area contributed by atoms with Crippen LogP contribution in [0.1, 0.15) is 23.5 Å². The maximum atomic E-state index is 12.3. The quantitative estimate of drug-likeness (QED) is 0.703. The second-order valence-corrected chi connectivity index (χ2v) is 6.52. The minimum absolute atomic E-state index is 0.0444. The molecule has 0 radical (unpaired) electrons. The largest absolute Gasteiger partial charge is 0.503 e. The molecule has 1 heterocycles. The normalized spacial score (nSPS) is 16.4. The molecule has 0 aromatic heterocycles. The number of phenols is 1. The number of phenolic OH excluding ortho intramolecular Hbond substituents is 1. The molecule has 1 aliphatic heterocycles. The van der Waals surface area contributed by atoms with E-state index < -0.39 is 0 Å². The number of carbonyl (C=O) groups excluding carboxylic acids is 1. The van der Waals surface area contributed by atoms with E-state index in [1.54, 1.807) is 12.1 Å². The number of rotatable bonds is 2. The Bertz CT molecular complexity index is 1000. The highest BCUT2D eigenvalue weighted by molar-refractivity contribution is 6.32. The SMILES string of the molecule is COc1cc([C@@H]2CC(=O)Nc3c2ccc2ccccc32)cc(Cl)c1O. The van der Waals surface area contributed by atoms with E-state index >= 15 is 0 Å². The first-order valence-electron chi connectivity index (χ1n) is 7.96. The predicted octanol–water partition coefficient (Wildman–Crippen LogP) is 4.68. The summed E-state index contributed by atoms with van der Waals surface area (Å²) in [7, 11) is 1.48. The average molecular weight is 354 g/mol. The number of fused-ring (bicyclic) bond motifs is 3. The molecular formula is C20H16ClNO3. The molecule has 0 aliphatic carbocycles. The lowest BCUT2D eigenvalue weighted by atomic mass is 9.83. The van der Waals surface area contributed by atoms with Gasteiger partial charge in [0.25, 0.3) is 0 Å². The van der Waals surface area contributed by atoms with Crippen molar-refractivity contribution >= 4 is 34.0 Å². The highest BCUT2D eigenvalue weighted by Crippen LogP contribution is 2.44. The third-order valence-electron chi connectivity index (χ3n) is 4.66. The molecule has 3 aromatic rings. The van der Waals surface area contributed by atoms with Crippen LogP contribution < -0.4 is 10.1 Å². The minimum atomic E-state index is -0.152. The van der Waals surface area contributed by atoms with Crippen LogP contribution in [0.2, 0.25) is 5.02 Å². The van der Waals surface area contributed by atoms with Crippen LogP contribution in [0, 0.1) is 0 Å². The molecule has 3 aromatic carbocycles. The summed E-state index contributed by atoms with van der Waals surface area (Å²) >= 11 is 6.14. The lowest BCUT2D eigenvalue weighted by Gasteiger charge is -2.27. The van der Waals surface area contributed by atoms with Gasteiger partial charge < -0.3 is 15.2 Å². The van der Waals surface area contributed by atoms with Crippen molar-refractivity contribution in [1.29, 1.82) is 0 Å². The number of nitrogens with one attached hydrogen (secondary N) is 1. The first-order valence-corrected chi connectivity index (χ1v) is 8.34. The molecule has 5 heteroatoms. The lowest BCUT2D eigenvalue weighted by Crippen LogP contribution is -2.23. The highest BCUT2D eigenvalue weighted by atomic mass is 35.5. The third kappa shape index (κ3) is 2.59. The number of ether oxygens (including phenoxy) is 1. The summed E-state index contributed by atoms with van der Waals surface area (Å²) in [5, 5.41) is 15.3. The fourth-order valence-corrected chi connectivity index (χ4v) is 3.67. The van der Waals surface area contributed by atoms with Gasteiger partial charge >= 0.3 is 0 Å². The number of hydrogen-bond acceptors (Lipinski definition) is 3. The summed E-state index contributed by atoms with van der Waals surface area (Å²) in [4.78, 5) is 12.3. The second kappa shape index (κ2) is 5.97. The fraction of sp³-hybridized carbons (Fsp3) is 0.150. The standard InChI is InChI=1S/C20H16ClNO3/c1-25-17-9-12(8-16(21)20(17)24)15-10-18(23)22-19-13-5-3-2-4-11(13)6-7-14(15)19/h2-9,15,24H,10H2,1H3,(H,22,23)/t15-/m0/s1. The van der Waals surface area contributed by atoms with E-state index in [0.717, 1.165) is 27.6 Å². The Labute approximate surface area is 150 Å². The van der Waals surface area contributed by atoms with Crippen molar-refractivity contribution in [3.8, 4) is 11.5 Å². The zero-order valence-corrected chi connectivity index (χ0v) is 14.3. The van der Waals surface area contributed by atoms with Crippen LogP contribution in [0.4, 0.5) is 5.69 Å². The second-order valence-electron chi connectivity index (χ2n) is 6.11. The van der Waals surface area contributed by atoms with Gasteiger partial charge in [-0.15, -0.1) is 0 Å². The fourth-order valence-electron chi connectivity index (χ4n) is 3.45. The average Bonchev–Trinajstić information content (AvgIpc) is 2.63. The van der Waals surface area contributed by atoms with Gasteiger partial charge in [-0.05, 0) is 28.6 Å². The summed E-state index contributed by atoms with van der Waals surface area (Å²) in [6, 6.07) is 15.5. The Kier molecular flexibility index (Phi) is 3.77. The zero-order chi connectivity index (χ0) is 17.6. The van der Waals surface area contributed by atoms with Crippen molar-refractivity contribution in [2.75, 3.05) is 12.4 Å². The number of hydrogen-bond donors (Lipinski definition) is 2. The molecule has 2 N–H and O–H groups in total. The lowest BCUT2D eigenvalue weighted by molar-refractivity contribution is -0.116. The van der Waals surface area contributed by atoms with Crippen molar-refractivity contribution in [3.63, 3.8) is 0 Å². The Morgan fingerprint density at radius 1 is 1.20 bits per heavy atom. The Morgan fingerprint density at radius 2 is 2.00 bits per heavy atom. The van der Waals surface area contributed by atoms with E-state index in [1.807, 2.05) is 30.3 Å². The molecule has 0 bridgehead atoms. The van der Waals surface area contributed by atoms with Gasteiger partial charge in [0, 0.05) is 17.7 Å². The molecule has 126 valence electrons. The molecule has 0 saturated heterocycles. The molecule has 1 atom stereocenters. The number of benzene rings is 3. The van der Waals surface area contributed by atoms with Crippen LogP contribution in [0.5, 0.6) is 11.5 Å². The van der Waals surface area contributed by atoms with Crippen molar-refractivity contribution in [3.05, 3.63) is 64.7 Å².